The largest absolute Gasteiger partial charge is 0.484 e. The zero-order valence-corrected chi connectivity index (χ0v) is 7.02. The lowest BCUT2D eigenvalue weighted by atomic mass is 10.3. The highest BCUT2D eigenvalue weighted by Crippen LogP contribution is 1.97. The molecule has 0 N–H and O–H groups in total. The van der Waals surface area contributed by atoms with Crippen molar-refractivity contribution in [2.75, 3.05) is 7.11 Å². The van der Waals surface area contributed by atoms with Crippen molar-refractivity contribution in [3.63, 3.8) is 0 Å². The van der Waals surface area contributed by atoms with Crippen LogP contribution in [0.3, 0.4) is 0 Å². The molecule has 0 bridgehead atoms. The molecule has 2 nitrogen and oxygen atoms in total. The maximum Gasteiger partial charge on any atom is 0.195 e. The van der Waals surface area contributed by atoms with Crippen molar-refractivity contribution in [1.29, 1.82) is 0 Å². The first kappa shape index (κ1) is 8.69. The lowest BCUT2D eigenvalue weighted by molar-refractivity contribution is 0.392. The van der Waals surface area contributed by atoms with E-state index in [1.807, 2.05) is 6.08 Å². The molecule has 0 atom stereocenters. The van der Waals surface area contributed by atoms with Crippen molar-refractivity contribution in [3.8, 4) is 0 Å². The van der Waals surface area contributed by atoms with Gasteiger partial charge in [-0.25, -0.2) is 0 Å². The number of hydrogen-bond acceptors (Lipinski definition) is 2. The van der Waals surface area contributed by atoms with Gasteiger partial charge in [0.05, 0.1) is 23.3 Å². The molecule has 0 saturated heterocycles. The third-order valence-corrected chi connectivity index (χ3v) is 1.29. The topological polar surface area (TPSA) is 21.6 Å². The van der Waals surface area contributed by atoms with Crippen molar-refractivity contribution in [3.05, 3.63) is 12.7 Å². The third kappa shape index (κ3) is 4.21. The molecule has 9 heavy (non-hydrogen) atoms. The average molecular weight is 192 g/mol. The minimum Gasteiger partial charge on any atom is -0.484 e. The molecule has 0 amide bonds. The van der Waals surface area contributed by atoms with Gasteiger partial charge in [-0.1, -0.05) is 6.08 Å². The van der Waals surface area contributed by atoms with Crippen molar-refractivity contribution < 1.29 is 4.74 Å². The minimum atomic E-state index is 0.704. The van der Waals surface area contributed by atoms with Gasteiger partial charge in [0.15, 0.2) is 5.90 Å². The first-order valence-corrected chi connectivity index (χ1v) is 3.38. The van der Waals surface area contributed by atoms with E-state index in [0.717, 1.165) is 12.8 Å². The highest BCUT2D eigenvalue weighted by molar-refractivity contribution is 9.08. The van der Waals surface area contributed by atoms with Crippen LogP contribution in [-0.2, 0) is 4.74 Å². The predicted octanol–water partition coefficient (Wildman–Crippen LogP) is 2.31. The van der Waals surface area contributed by atoms with E-state index in [0.29, 0.717) is 5.90 Å². The summed E-state index contributed by atoms with van der Waals surface area (Å²) >= 11 is 2.93. The van der Waals surface area contributed by atoms with Gasteiger partial charge < -0.3 is 4.74 Å². The van der Waals surface area contributed by atoms with Crippen molar-refractivity contribution in [2.24, 2.45) is 4.02 Å². The van der Waals surface area contributed by atoms with Crippen LogP contribution in [0.25, 0.3) is 0 Å². The van der Waals surface area contributed by atoms with Crippen LogP contribution < -0.4 is 0 Å². The number of methoxy groups -OCH3 is 1. The zero-order chi connectivity index (χ0) is 7.11. The van der Waals surface area contributed by atoms with Gasteiger partial charge in [0.1, 0.15) is 0 Å². The molecule has 0 aliphatic carbocycles. The second kappa shape index (κ2) is 5.82. The van der Waals surface area contributed by atoms with E-state index in [9.17, 15) is 0 Å². The van der Waals surface area contributed by atoms with Crippen LogP contribution in [0.2, 0.25) is 0 Å². The Morgan fingerprint density at radius 3 is 2.89 bits per heavy atom. The third-order valence-electron chi connectivity index (χ3n) is 0.892. The Balaban J connectivity index is 3.44. The van der Waals surface area contributed by atoms with Crippen LogP contribution in [0, 0.1) is 0 Å². The fourth-order valence-corrected chi connectivity index (χ4v) is 0.726. The van der Waals surface area contributed by atoms with Crippen molar-refractivity contribution in [1.82, 2.24) is 0 Å². The van der Waals surface area contributed by atoms with Crippen molar-refractivity contribution in [2.45, 2.75) is 12.8 Å². The summed E-state index contributed by atoms with van der Waals surface area (Å²) in [5.41, 5.74) is 0. The Bertz CT molecular complexity index is 112. The van der Waals surface area contributed by atoms with E-state index in [1.165, 1.54) is 0 Å². The summed E-state index contributed by atoms with van der Waals surface area (Å²) in [7, 11) is 1.60. The maximum atomic E-state index is 4.86. The molecule has 0 saturated carbocycles. The van der Waals surface area contributed by atoms with Gasteiger partial charge in [-0.2, -0.15) is 4.02 Å². The summed E-state index contributed by atoms with van der Waals surface area (Å²) in [4.78, 5) is 0. The minimum absolute atomic E-state index is 0.704. The standard InChI is InChI=1S/C6H10BrNO/c1-3-4-5-6(8-7)9-2/h3H,1,4-5H2,2H3. The maximum absolute atomic E-state index is 4.86. The van der Waals surface area contributed by atoms with E-state index < -0.39 is 0 Å². The monoisotopic (exact) mass is 191 g/mol. The van der Waals surface area contributed by atoms with E-state index in [1.54, 1.807) is 7.11 Å². The van der Waals surface area contributed by atoms with Crippen molar-refractivity contribution >= 4 is 22.0 Å². The smallest absolute Gasteiger partial charge is 0.195 e. The summed E-state index contributed by atoms with van der Waals surface area (Å²) in [6, 6.07) is 0. The second-order valence-corrected chi connectivity index (χ2v) is 1.86. The van der Waals surface area contributed by atoms with E-state index >= 15 is 0 Å². The highest BCUT2D eigenvalue weighted by Gasteiger charge is 1.92. The molecule has 0 aliphatic rings. The molecule has 0 aromatic carbocycles. The van der Waals surface area contributed by atoms with Gasteiger partial charge in [-0.3, -0.25) is 0 Å². The Hall–Kier alpha value is -0.310. The lowest BCUT2D eigenvalue weighted by Crippen LogP contribution is -1.97. The second-order valence-electron chi connectivity index (χ2n) is 1.51. The van der Waals surface area contributed by atoms with Gasteiger partial charge in [-0.05, 0) is 6.42 Å². The SMILES string of the molecule is C=CCCC(=NBr)OC. The number of nitrogens with zero attached hydrogens (tertiary/aromatic N) is 1. The Kier molecular flexibility index (Phi) is 5.62. The van der Waals surface area contributed by atoms with Gasteiger partial charge in [0.2, 0.25) is 0 Å². The van der Waals surface area contributed by atoms with E-state index in [-0.39, 0.29) is 0 Å². The molecule has 0 spiro atoms. The quantitative estimate of drug-likeness (QED) is 0.382. The highest BCUT2D eigenvalue weighted by atomic mass is 79.9. The number of hydrogen-bond donors (Lipinski definition) is 0. The molecule has 0 aliphatic heterocycles. The van der Waals surface area contributed by atoms with Gasteiger partial charge >= 0.3 is 0 Å². The van der Waals surface area contributed by atoms with Gasteiger partial charge in [0.25, 0.3) is 0 Å². The summed E-state index contributed by atoms with van der Waals surface area (Å²) in [6.45, 7) is 3.58. The number of rotatable bonds is 3. The summed E-state index contributed by atoms with van der Waals surface area (Å²) in [5.74, 6) is 0.704. The fourth-order valence-electron chi connectivity index (χ4n) is 0.404. The number of allylic oxidation sites excluding steroid dienone is 1. The van der Waals surface area contributed by atoms with Crippen LogP contribution in [-0.4, -0.2) is 13.0 Å². The molecule has 0 radical (unpaired) electrons. The van der Waals surface area contributed by atoms with Crippen LogP contribution in [0.1, 0.15) is 12.8 Å². The molecule has 0 heterocycles. The first-order chi connectivity index (χ1) is 4.35. The molecular weight excluding hydrogens is 182 g/mol. The Morgan fingerprint density at radius 1 is 1.89 bits per heavy atom. The molecule has 52 valence electrons. The number of ether oxygens (including phenoxy) is 1. The first-order valence-electron chi connectivity index (χ1n) is 2.68. The summed E-state index contributed by atoms with van der Waals surface area (Å²) in [5, 5.41) is 0. The predicted molar refractivity (Wildman–Crippen MR) is 42.8 cm³/mol. The van der Waals surface area contributed by atoms with Crippen LogP contribution in [0.15, 0.2) is 16.7 Å². The van der Waals surface area contributed by atoms with Gasteiger partial charge in [-0.15, -0.1) is 6.58 Å². The number of halogens is 1. The van der Waals surface area contributed by atoms with Crippen LogP contribution in [0.5, 0.6) is 0 Å². The molecule has 3 heteroatoms. The fraction of sp³-hybridized carbons (Fsp3) is 0.500. The zero-order valence-electron chi connectivity index (χ0n) is 5.43. The lowest BCUT2D eigenvalue weighted by Gasteiger charge is -1.98. The average Bonchev–Trinajstić information content (AvgIpc) is 1.91. The molecule has 0 unspecified atom stereocenters. The van der Waals surface area contributed by atoms with Crippen LogP contribution in [0.4, 0.5) is 0 Å². The van der Waals surface area contributed by atoms with E-state index in [4.69, 9.17) is 4.74 Å². The normalized spacial score (nSPS) is 11.1. The molecule has 0 rings (SSSR count). The van der Waals surface area contributed by atoms with Crippen LogP contribution >= 0.6 is 16.1 Å². The molecule has 0 aromatic rings. The van der Waals surface area contributed by atoms with Gasteiger partial charge in [0, 0.05) is 6.42 Å². The Labute approximate surface area is 64.0 Å². The van der Waals surface area contributed by atoms with E-state index in [2.05, 4.69) is 26.7 Å². The molecule has 0 aromatic heterocycles. The molecular formula is C6H10BrNO. The summed E-state index contributed by atoms with van der Waals surface area (Å²) in [6.07, 6.45) is 3.54. The Morgan fingerprint density at radius 2 is 2.56 bits per heavy atom. The summed E-state index contributed by atoms with van der Waals surface area (Å²) < 4.78 is 8.56. The molecule has 0 fully saturated rings.